The van der Waals surface area contributed by atoms with Crippen molar-refractivity contribution in [2.75, 3.05) is 18.1 Å². The largest absolute Gasteiger partial charge is 0.469 e. The van der Waals surface area contributed by atoms with E-state index in [-0.39, 0.29) is 18.0 Å². The van der Waals surface area contributed by atoms with E-state index in [9.17, 15) is 9.59 Å². The number of fused-ring (bicyclic) bond motifs is 2. The molecule has 3 rings (SSSR count). The number of benzene rings is 1. The minimum atomic E-state index is -0.409. The standard InChI is InChI=1S/C19H24INO4/c1-24-19(23)17-15-9-8-14(21(15)11-5-10-20)12-16(17)25-18(22)13-6-3-2-4-7-13/h2-4,6-7,14-17H,5,8-12H2,1H3. The molecule has 4 atom stereocenters. The lowest BCUT2D eigenvalue weighted by atomic mass is 9.87. The van der Waals surface area contributed by atoms with Crippen LogP contribution in [-0.4, -0.2) is 53.1 Å². The molecule has 2 bridgehead atoms. The molecule has 0 amide bonds. The van der Waals surface area contributed by atoms with Gasteiger partial charge < -0.3 is 9.47 Å². The van der Waals surface area contributed by atoms with Gasteiger partial charge in [-0.15, -0.1) is 0 Å². The van der Waals surface area contributed by atoms with Crippen LogP contribution in [0, 0.1) is 5.92 Å². The van der Waals surface area contributed by atoms with Crippen LogP contribution in [0.15, 0.2) is 30.3 Å². The molecule has 2 heterocycles. The summed E-state index contributed by atoms with van der Waals surface area (Å²) in [5.74, 6) is -1.03. The number of carbonyl (C=O) groups is 2. The number of hydrogen-bond acceptors (Lipinski definition) is 5. The summed E-state index contributed by atoms with van der Waals surface area (Å²) in [4.78, 5) is 27.4. The minimum Gasteiger partial charge on any atom is -0.469 e. The fraction of sp³-hybridized carbons (Fsp3) is 0.579. The Morgan fingerprint density at radius 3 is 2.68 bits per heavy atom. The van der Waals surface area contributed by atoms with Crippen molar-refractivity contribution in [2.45, 2.75) is 43.9 Å². The first-order valence-electron chi connectivity index (χ1n) is 8.81. The van der Waals surface area contributed by atoms with Gasteiger partial charge in [-0.3, -0.25) is 9.69 Å². The van der Waals surface area contributed by atoms with Gasteiger partial charge in [0.2, 0.25) is 0 Å². The van der Waals surface area contributed by atoms with E-state index in [0.29, 0.717) is 18.0 Å². The zero-order chi connectivity index (χ0) is 17.8. The molecule has 0 N–H and O–H groups in total. The molecule has 25 heavy (non-hydrogen) atoms. The molecule has 0 aliphatic carbocycles. The number of esters is 2. The van der Waals surface area contributed by atoms with Gasteiger partial charge in [-0.25, -0.2) is 4.79 Å². The number of methoxy groups -OCH3 is 1. The molecule has 2 aliphatic heterocycles. The maximum atomic E-state index is 12.5. The van der Waals surface area contributed by atoms with Crippen molar-refractivity contribution >= 4 is 34.5 Å². The summed E-state index contributed by atoms with van der Waals surface area (Å²) in [5, 5.41) is 0. The highest BCUT2D eigenvalue weighted by atomic mass is 127. The highest BCUT2D eigenvalue weighted by Crippen LogP contribution is 2.41. The van der Waals surface area contributed by atoms with Gasteiger partial charge in [-0.2, -0.15) is 0 Å². The molecule has 0 radical (unpaired) electrons. The lowest BCUT2D eigenvalue weighted by molar-refractivity contribution is -0.156. The van der Waals surface area contributed by atoms with Crippen molar-refractivity contribution in [3.63, 3.8) is 0 Å². The first kappa shape index (κ1) is 18.6. The average molecular weight is 457 g/mol. The van der Waals surface area contributed by atoms with Gasteiger partial charge in [0.25, 0.3) is 0 Å². The zero-order valence-corrected chi connectivity index (χ0v) is 16.6. The number of nitrogens with zero attached hydrogens (tertiary/aromatic N) is 1. The summed E-state index contributed by atoms with van der Waals surface area (Å²) in [6.07, 6.45) is 3.42. The maximum Gasteiger partial charge on any atom is 0.338 e. The quantitative estimate of drug-likeness (QED) is 0.374. The number of rotatable bonds is 6. The number of carbonyl (C=O) groups excluding carboxylic acids is 2. The summed E-state index contributed by atoms with van der Waals surface area (Å²) >= 11 is 2.38. The van der Waals surface area contributed by atoms with E-state index in [2.05, 4.69) is 27.5 Å². The molecular weight excluding hydrogens is 433 g/mol. The summed E-state index contributed by atoms with van der Waals surface area (Å²) < 4.78 is 11.9. The SMILES string of the molecule is COC(=O)C1C(OC(=O)c2ccccc2)CC2CCC1N2CCCI. The van der Waals surface area contributed by atoms with Gasteiger partial charge in [-0.1, -0.05) is 40.8 Å². The normalized spacial score (nSPS) is 28.6. The predicted molar refractivity (Wildman–Crippen MR) is 103 cm³/mol. The minimum absolute atomic E-state index is 0.114. The Hall–Kier alpha value is -1.15. The second kappa shape index (κ2) is 8.49. The fourth-order valence-electron chi connectivity index (χ4n) is 4.20. The van der Waals surface area contributed by atoms with Crippen LogP contribution in [0.1, 0.15) is 36.0 Å². The van der Waals surface area contributed by atoms with Crippen LogP contribution in [0.4, 0.5) is 0 Å². The third kappa shape index (κ3) is 4.00. The monoisotopic (exact) mass is 457 g/mol. The van der Waals surface area contributed by atoms with E-state index in [1.807, 2.05) is 18.2 Å². The number of ether oxygens (including phenoxy) is 2. The van der Waals surface area contributed by atoms with Gasteiger partial charge >= 0.3 is 11.9 Å². The van der Waals surface area contributed by atoms with Gasteiger partial charge in [0, 0.05) is 22.9 Å². The van der Waals surface area contributed by atoms with E-state index in [1.54, 1.807) is 12.1 Å². The first-order chi connectivity index (χ1) is 12.2. The molecule has 4 unspecified atom stereocenters. The summed E-state index contributed by atoms with van der Waals surface area (Å²) in [6.45, 7) is 0.991. The van der Waals surface area contributed by atoms with Crippen molar-refractivity contribution in [3.05, 3.63) is 35.9 Å². The van der Waals surface area contributed by atoms with Crippen molar-refractivity contribution in [2.24, 2.45) is 5.92 Å². The molecule has 6 heteroatoms. The van der Waals surface area contributed by atoms with Crippen LogP contribution in [-0.2, 0) is 14.3 Å². The molecule has 1 aromatic rings. The molecule has 0 aromatic heterocycles. The van der Waals surface area contributed by atoms with Gasteiger partial charge in [-0.05, 0) is 37.9 Å². The number of halogens is 1. The second-order valence-electron chi connectivity index (χ2n) is 6.67. The number of alkyl halides is 1. The van der Waals surface area contributed by atoms with Crippen LogP contribution >= 0.6 is 22.6 Å². The smallest absolute Gasteiger partial charge is 0.338 e. The molecule has 2 saturated heterocycles. The Morgan fingerprint density at radius 2 is 2.00 bits per heavy atom. The lowest BCUT2D eigenvalue weighted by Gasteiger charge is -2.42. The van der Waals surface area contributed by atoms with Gasteiger partial charge in [0.05, 0.1) is 12.7 Å². The molecule has 5 nitrogen and oxygen atoms in total. The average Bonchev–Trinajstić information content (AvgIpc) is 2.92. The molecule has 1 aromatic carbocycles. The van der Waals surface area contributed by atoms with Crippen LogP contribution in [0.25, 0.3) is 0 Å². The van der Waals surface area contributed by atoms with Crippen molar-refractivity contribution in [1.29, 1.82) is 0 Å². The summed E-state index contributed by atoms with van der Waals surface area (Å²) in [5.41, 5.74) is 0.519. The third-order valence-corrected chi connectivity index (χ3v) is 6.06. The summed E-state index contributed by atoms with van der Waals surface area (Å²) in [7, 11) is 1.41. The molecular formula is C19H24INO4. The molecule has 136 valence electrons. The highest BCUT2D eigenvalue weighted by molar-refractivity contribution is 14.1. The van der Waals surface area contributed by atoms with E-state index in [0.717, 1.165) is 30.2 Å². The number of hydrogen-bond donors (Lipinski definition) is 0. The topological polar surface area (TPSA) is 55.8 Å². The molecule has 2 aliphatic rings. The van der Waals surface area contributed by atoms with Gasteiger partial charge in [0.1, 0.15) is 12.0 Å². The Balaban J connectivity index is 1.77. The van der Waals surface area contributed by atoms with E-state index >= 15 is 0 Å². The van der Waals surface area contributed by atoms with Crippen LogP contribution < -0.4 is 0 Å². The molecule has 0 spiro atoms. The van der Waals surface area contributed by atoms with Crippen LogP contribution in [0.5, 0.6) is 0 Å². The Labute approximate surface area is 162 Å². The Bertz CT molecular complexity index is 609. The predicted octanol–water partition coefficient (Wildman–Crippen LogP) is 3.06. The van der Waals surface area contributed by atoms with E-state index in [1.165, 1.54) is 7.11 Å². The zero-order valence-electron chi connectivity index (χ0n) is 14.4. The van der Waals surface area contributed by atoms with E-state index < -0.39 is 12.0 Å². The van der Waals surface area contributed by atoms with Crippen molar-refractivity contribution in [1.82, 2.24) is 4.90 Å². The maximum absolute atomic E-state index is 12.5. The Kier molecular flexibility index (Phi) is 6.33. The Morgan fingerprint density at radius 1 is 1.24 bits per heavy atom. The summed E-state index contributed by atoms with van der Waals surface area (Å²) in [6, 6.07) is 9.46. The van der Waals surface area contributed by atoms with Crippen molar-refractivity contribution in [3.8, 4) is 0 Å². The fourth-order valence-corrected chi connectivity index (χ4v) is 4.55. The molecule has 2 fully saturated rings. The lowest BCUT2D eigenvalue weighted by Crippen LogP contribution is -2.55. The third-order valence-electron chi connectivity index (χ3n) is 5.30. The van der Waals surface area contributed by atoms with Gasteiger partial charge in [0.15, 0.2) is 0 Å². The van der Waals surface area contributed by atoms with Crippen LogP contribution in [0.3, 0.4) is 0 Å². The first-order valence-corrected chi connectivity index (χ1v) is 10.3. The van der Waals surface area contributed by atoms with E-state index in [4.69, 9.17) is 9.47 Å². The molecule has 0 saturated carbocycles. The van der Waals surface area contributed by atoms with Crippen LogP contribution in [0.2, 0.25) is 0 Å². The highest BCUT2D eigenvalue weighted by Gasteiger charge is 2.52. The number of piperidine rings is 1. The second-order valence-corrected chi connectivity index (χ2v) is 7.75. The van der Waals surface area contributed by atoms with Crippen molar-refractivity contribution < 1.29 is 19.1 Å².